The molecule has 0 amide bonds. The number of pyridine rings is 1. The van der Waals surface area contributed by atoms with Crippen LogP contribution in [0.4, 0.5) is 34.4 Å². The highest BCUT2D eigenvalue weighted by Crippen LogP contribution is 2.36. The minimum Gasteiger partial charge on any atom is -0.381 e. The monoisotopic (exact) mass is 556 g/mol. The number of rotatable bonds is 4. The second-order valence-corrected chi connectivity index (χ2v) is 9.88. The van der Waals surface area contributed by atoms with E-state index >= 15 is 0 Å². The van der Waals surface area contributed by atoms with E-state index in [1.807, 2.05) is 52.0 Å². The Hall–Kier alpha value is -4.11. The Morgan fingerprint density at radius 1 is 0.878 bits per heavy atom. The molecule has 0 radical (unpaired) electrons. The highest BCUT2D eigenvalue weighted by molar-refractivity contribution is 5.85. The maximum atomic E-state index is 13.5. The minimum absolute atomic E-state index is 0.0805. The Balaban J connectivity index is 0.000000929. The molecule has 2 aromatic carbocycles. The Kier molecular flexibility index (Phi) is 9.83. The molecule has 2 aliphatic rings. The van der Waals surface area contributed by atoms with Crippen molar-refractivity contribution >= 4 is 45.4 Å². The van der Waals surface area contributed by atoms with Gasteiger partial charge in [0.05, 0.1) is 11.4 Å². The summed E-state index contributed by atoms with van der Waals surface area (Å²) in [5, 5.41) is 7.58. The number of aromatic nitrogens is 3. The molecule has 2 N–H and O–H groups in total. The predicted molar refractivity (Wildman–Crippen MR) is 174 cm³/mol. The van der Waals surface area contributed by atoms with E-state index in [0.717, 1.165) is 60.7 Å². The van der Waals surface area contributed by atoms with Crippen LogP contribution in [0.15, 0.2) is 59.5 Å². The van der Waals surface area contributed by atoms with Crippen molar-refractivity contribution in [3.8, 4) is 0 Å². The molecule has 1 fully saturated rings. The number of nitrogens with one attached hydrogen (secondary N) is 2. The largest absolute Gasteiger partial charge is 0.381 e. The first kappa shape index (κ1) is 29.9. The van der Waals surface area contributed by atoms with Gasteiger partial charge in [-0.25, -0.2) is 4.98 Å². The van der Waals surface area contributed by atoms with Crippen molar-refractivity contribution in [2.45, 2.75) is 34.6 Å². The van der Waals surface area contributed by atoms with E-state index in [9.17, 15) is 4.79 Å². The third-order valence-corrected chi connectivity index (χ3v) is 7.39. The van der Waals surface area contributed by atoms with Gasteiger partial charge < -0.3 is 25.3 Å². The first-order valence-corrected chi connectivity index (χ1v) is 14.8. The van der Waals surface area contributed by atoms with E-state index in [1.165, 1.54) is 5.69 Å². The number of anilines is 6. The summed E-state index contributed by atoms with van der Waals surface area (Å²) in [6.45, 7) is 15.8. The van der Waals surface area contributed by atoms with Gasteiger partial charge in [-0.2, -0.15) is 4.98 Å². The van der Waals surface area contributed by atoms with Crippen LogP contribution in [0, 0.1) is 6.92 Å². The number of benzene rings is 2. The predicted octanol–water partition coefficient (Wildman–Crippen LogP) is 5.75. The van der Waals surface area contributed by atoms with E-state index in [-0.39, 0.29) is 5.56 Å². The van der Waals surface area contributed by atoms with E-state index < -0.39 is 0 Å². The maximum Gasteiger partial charge on any atom is 0.275 e. The van der Waals surface area contributed by atoms with Gasteiger partial charge in [-0.3, -0.25) is 9.36 Å². The van der Waals surface area contributed by atoms with Gasteiger partial charge in [0.15, 0.2) is 0 Å². The van der Waals surface area contributed by atoms with Crippen molar-refractivity contribution < 1.29 is 0 Å². The molecule has 0 bridgehead atoms. The average molecular weight is 557 g/mol. The third kappa shape index (κ3) is 6.30. The molecular weight excluding hydrogens is 512 g/mol. The van der Waals surface area contributed by atoms with Crippen LogP contribution in [-0.2, 0) is 7.05 Å². The fourth-order valence-corrected chi connectivity index (χ4v) is 5.20. The topological polar surface area (TPSA) is 81.6 Å². The standard InChI is InChI=1S/C28H32N8O.2C2H6/c1-19-5-4-6-23-25(19)29-11-12-36(23)24-17-20-18-30-28(32-26(20)34(3)27(24)37)31-21-7-9-22(10-8-21)35-15-13-33(2)14-16-35;2*1-2/h4-10,17-18,29H,11-16H2,1-3H3,(H,30,31,32);2*1-2H3. The van der Waals surface area contributed by atoms with E-state index in [1.54, 1.807) is 17.8 Å². The molecular formula is C32H44N8O. The number of hydrogen-bond acceptors (Lipinski definition) is 8. The molecule has 9 nitrogen and oxygen atoms in total. The molecule has 6 rings (SSSR count). The summed E-state index contributed by atoms with van der Waals surface area (Å²) >= 11 is 0. The number of likely N-dealkylation sites (N-methyl/N-ethyl adjacent to an activating group) is 1. The first-order valence-electron chi connectivity index (χ1n) is 14.8. The SMILES string of the molecule is CC.CC.Cc1cccc2c1NCCN2c1cc2cnc(Nc3ccc(N4CCN(C)CC4)cc3)nc2n(C)c1=O. The van der Waals surface area contributed by atoms with Crippen LogP contribution < -0.4 is 26.0 Å². The molecule has 0 atom stereocenters. The zero-order valence-corrected chi connectivity index (χ0v) is 25.5. The molecule has 0 aliphatic carbocycles. The second kappa shape index (κ2) is 13.5. The highest BCUT2D eigenvalue weighted by atomic mass is 16.1. The van der Waals surface area contributed by atoms with Gasteiger partial charge in [0.1, 0.15) is 11.3 Å². The molecule has 2 aromatic heterocycles. The van der Waals surface area contributed by atoms with Crippen LogP contribution >= 0.6 is 0 Å². The fraction of sp³-hybridized carbons (Fsp3) is 0.406. The Morgan fingerprint density at radius 3 is 2.29 bits per heavy atom. The van der Waals surface area contributed by atoms with E-state index in [2.05, 4.69) is 68.6 Å². The van der Waals surface area contributed by atoms with Gasteiger partial charge in [0.2, 0.25) is 5.95 Å². The summed E-state index contributed by atoms with van der Waals surface area (Å²) < 4.78 is 1.62. The molecule has 0 spiro atoms. The van der Waals surface area contributed by atoms with Gasteiger partial charge in [-0.15, -0.1) is 0 Å². The fourth-order valence-electron chi connectivity index (χ4n) is 5.20. The Labute approximate surface area is 243 Å². The molecule has 2 aliphatic heterocycles. The zero-order valence-electron chi connectivity index (χ0n) is 25.5. The molecule has 1 saturated heterocycles. The number of fused-ring (bicyclic) bond motifs is 2. The molecule has 41 heavy (non-hydrogen) atoms. The summed E-state index contributed by atoms with van der Waals surface area (Å²) in [5.74, 6) is 0.464. The summed E-state index contributed by atoms with van der Waals surface area (Å²) in [5.41, 5.74) is 6.53. The summed E-state index contributed by atoms with van der Waals surface area (Å²) in [6, 6.07) is 16.4. The van der Waals surface area contributed by atoms with Gasteiger partial charge in [0, 0.05) is 69.3 Å². The summed E-state index contributed by atoms with van der Waals surface area (Å²) in [6.07, 6.45) is 1.78. The van der Waals surface area contributed by atoms with Crippen molar-refractivity contribution in [2.75, 3.05) is 66.7 Å². The van der Waals surface area contributed by atoms with Crippen LogP contribution in [-0.4, -0.2) is 65.8 Å². The summed E-state index contributed by atoms with van der Waals surface area (Å²) in [4.78, 5) is 29.6. The number of aryl methyl sites for hydroxylation is 2. The number of para-hydroxylation sites is 1. The second-order valence-electron chi connectivity index (χ2n) is 9.88. The van der Waals surface area contributed by atoms with Crippen molar-refractivity contribution in [1.29, 1.82) is 0 Å². The molecule has 9 heteroatoms. The molecule has 0 saturated carbocycles. The van der Waals surface area contributed by atoms with Gasteiger partial charge >= 0.3 is 0 Å². The number of nitrogens with zero attached hydrogens (tertiary/aromatic N) is 6. The van der Waals surface area contributed by atoms with Gasteiger partial charge in [0.25, 0.3) is 5.56 Å². The first-order chi connectivity index (χ1) is 20.0. The minimum atomic E-state index is -0.0805. The maximum absolute atomic E-state index is 13.5. The highest BCUT2D eigenvalue weighted by Gasteiger charge is 2.23. The van der Waals surface area contributed by atoms with Crippen LogP contribution in [0.2, 0.25) is 0 Å². The van der Waals surface area contributed by atoms with Crippen molar-refractivity contribution in [2.24, 2.45) is 7.05 Å². The number of hydrogen-bond donors (Lipinski definition) is 2. The van der Waals surface area contributed by atoms with Crippen molar-refractivity contribution in [3.05, 3.63) is 70.6 Å². The van der Waals surface area contributed by atoms with E-state index in [0.29, 0.717) is 23.8 Å². The smallest absolute Gasteiger partial charge is 0.275 e. The zero-order chi connectivity index (χ0) is 29.5. The summed E-state index contributed by atoms with van der Waals surface area (Å²) in [7, 11) is 3.94. The van der Waals surface area contributed by atoms with E-state index in [4.69, 9.17) is 4.98 Å². The third-order valence-electron chi connectivity index (χ3n) is 7.39. The molecule has 4 aromatic rings. The lowest BCUT2D eigenvalue weighted by molar-refractivity contribution is 0.313. The molecule has 218 valence electrons. The van der Waals surface area contributed by atoms with Crippen molar-refractivity contribution in [1.82, 2.24) is 19.4 Å². The van der Waals surface area contributed by atoms with Gasteiger partial charge in [-0.05, 0) is 55.9 Å². The lowest BCUT2D eigenvalue weighted by Crippen LogP contribution is -2.44. The average Bonchev–Trinajstić information content (AvgIpc) is 3.02. The Morgan fingerprint density at radius 2 is 1.59 bits per heavy atom. The lowest BCUT2D eigenvalue weighted by atomic mass is 10.1. The Bertz CT molecular complexity index is 1510. The molecule has 0 unspecified atom stereocenters. The van der Waals surface area contributed by atoms with Crippen LogP contribution in [0.5, 0.6) is 0 Å². The lowest BCUT2D eigenvalue weighted by Gasteiger charge is -2.34. The van der Waals surface area contributed by atoms with Crippen LogP contribution in [0.1, 0.15) is 33.3 Å². The normalized spacial score (nSPS) is 14.7. The van der Waals surface area contributed by atoms with Crippen LogP contribution in [0.3, 0.4) is 0 Å². The molecule has 4 heterocycles. The quantitative estimate of drug-likeness (QED) is 0.329. The number of piperazine rings is 1. The van der Waals surface area contributed by atoms with Gasteiger partial charge in [-0.1, -0.05) is 39.8 Å². The van der Waals surface area contributed by atoms with Crippen LogP contribution in [0.25, 0.3) is 11.0 Å². The van der Waals surface area contributed by atoms with Crippen molar-refractivity contribution in [3.63, 3.8) is 0 Å².